The second kappa shape index (κ2) is 24.2. The Morgan fingerprint density at radius 3 is 1.97 bits per heavy atom. The first-order valence-corrected chi connectivity index (χ1v) is 24.2. The molecule has 3 aromatic carbocycles. The van der Waals surface area contributed by atoms with Gasteiger partial charge in [0, 0.05) is 19.1 Å². The van der Waals surface area contributed by atoms with Crippen molar-refractivity contribution in [3.63, 3.8) is 0 Å². The van der Waals surface area contributed by atoms with Crippen molar-refractivity contribution in [2.75, 3.05) is 20.2 Å². The molecule has 0 bridgehead atoms. The molecule has 368 valence electrons. The highest BCUT2D eigenvalue weighted by Gasteiger charge is 2.40. The zero-order valence-electron chi connectivity index (χ0n) is 41.7. The summed E-state index contributed by atoms with van der Waals surface area (Å²) in [6.45, 7) is 17.4. The van der Waals surface area contributed by atoms with Gasteiger partial charge in [-0.05, 0) is 113 Å². The lowest BCUT2D eigenvalue weighted by Crippen LogP contribution is -2.58. The van der Waals surface area contributed by atoms with Crippen molar-refractivity contribution in [2.24, 2.45) is 17.8 Å². The molecule has 68 heavy (non-hydrogen) atoms. The van der Waals surface area contributed by atoms with Crippen molar-refractivity contribution in [2.45, 2.75) is 143 Å². The first kappa shape index (κ1) is 52.8. The standard InChI is InChI=1S/C54H74N6O8/c1-34(2)32-39(56-52(65)68-54(7,8)9)29-28-38(33-37-20-12-11-13-21-37)51(64)59-30-19-27-45(59)49(62)58-46(35(3)4)50(63)57-44(48(61)55-36(5)6)26-18-31-60(53(66)67-10)47-42-24-16-14-22-40(42)41-23-15-17-25-43(41)47/h11-17,20-25,28-29,34-36,38-39,44-47H,18-19,26-27,30-33H2,1-10H3,(H,55,61)(H,56,65)(H,57,63)(H,58,62)/b29-28+/t38-,39-,44+,45+,46+/m1/s1. The minimum atomic E-state index is -1.02. The van der Waals surface area contributed by atoms with Gasteiger partial charge in [-0.3, -0.25) is 24.1 Å². The van der Waals surface area contributed by atoms with E-state index in [0.717, 1.165) is 27.8 Å². The van der Waals surface area contributed by atoms with E-state index in [1.54, 1.807) is 30.6 Å². The smallest absolute Gasteiger partial charge is 0.410 e. The summed E-state index contributed by atoms with van der Waals surface area (Å²) >= 11 is 0. The number of likely N-dealkylation sites (tertiary alicyclic amines) is 1. The second-order valence-electron chi connectivity index (χ2n) is 20.1. The van der Waals surface area contributed by atoms with Gasteiger partial charge in [-0.25, -0.2) is 9.59 Å². The van der Waals surface area contributed by atoms with Gasteiger partial charge in [0.05, 0.1) is 25.1 Å². The third-order valence-corrected chi connectivity index (χ3v) is 12.2. The highest BCUT2D eigenvalue weighted by atomic mass is 16.6. The first-order valence-electron chi connectivity index (χ1n) is 24.2. The second-order valence-corrected chi connectivity index (χ2v) is 20.1. The number of methoxy groups -OCH3 is 1. The van der Waals surface area contributed by atoms with Crippen LogP contribution in [0.15, 0.2) is 91.0 Å². The number of alkyl carbamates (subject to hydrolysis) is 1. The molecule has 1 aliphatic carbocycles. The van der Waals surface area contributed by atoms with E-state index in [-0.39, 0.29) is 42.7 Å². The van der Waals surface area contributed by atoms with E-state index in [9.17, 15) is 28.8 Å². The first-order chi connectivity index (χ1) is 32.3. The number of nitrogens with one attached hydrogen (secondary N) is 4. The summed E-state index contributed by atoms with van der Waals surface area (Å²) in [5.41, 5.74) is 4.30. The Morgan fingerprint density at radius 1 is 0.779 bits per heavy atom. The molecule has 3 aromatic rings. The lowest BCUT2D eigenvalue weighted by Gasteiger charge is -2.31. The van der Waals surface area contributed by atoms with Crippen molar-refractivity contribution in [1.82, 2.24) is 31.1 Å². The van der Waals surface area contributed by atoms with Gasteiger partial charge in [0.15, 0.2) is 0 Å². The van der Waals surface area contributed by atoms with Crippen LogP contribution >= 0.6 is 0 Å². The number of carbonyl (C=O) groups is 6. The van der Waals surface area contributed by atoms with Crippen LogP contribution in [0.25, 0.3) is 11.1 Å². The summed E-state index contributed by atoms with van der Waals surface area (Å²) in [5, 5.41) is 11.8. The Balaban J connectivity index is 1.31. The molecular formula is C54H74N6O8. The molecule has 0 radical (unpaired) electrons. The minimum Gasteiger partial charge on any atom is -0.453 e. The molecule has 5 rings (SSSR count). The average molecular weight is 935 g/mol. The van der Waals surface area contributed by atoms with Crippen molar-refractivity contribution in [1.29, 1.82) is 0 Å². The van der Waals surface area contributed by atoms with Gasteiger partial charge in [-0.15, -0.1) is 0 Å². The van der Waals surface area contributed by atoms with Crippen LogP contribution in [-0.4, -0.2) is 102 Å². The average Bonchev–Trinajstić information content (AvgIpc) is 3.90. The molecule has 1 heterocycles. The molecule has 0 aromatic heterocycles. The molecule has 14 nitrogen and oxygen atoms in total. The lowest BCUT2D eigenvalue weighted by molar-refractivity contribution is -0.141. The van der Waals surface area contributed by atoms with Crippen LogP contribution in [0.3, 0.4) is 0 Å². The molecule has 2 aliphatic rings. The van der Waals surface area contributed by atoms with E-state index in [1.807, 2.05) is 119 Å². The van der Waals surface area contributed by atoms with Crippen LogP contribution < -0.4 is 21.3 Å². The van der Waals surface area contributed by atoms with Gasteiger partial charge in [0.25, 0.3) is 0 Å². The zero-order chi connectivity index (χ0) is 49.7. The fraction of sp³-hybridized carbons (Fsp3) is 0.519. The van der Waals surface area contributed by atoms with Crippen molar-refractivity contribution in [3.05, 3.63) is 108 Å². The fourth-order valence-electron chi connectivity index (χ4n) is 9.12. The number of benzene rings is 3. The Bertz CT molecular complexity index is 2190. The largest absolute Gasteiger partial charge is 0.453 e. The SMILES string of the molecule is COC(=O)N(CCC[C@H](NC(=O)[C@@H](NC(=O)[C@@H]1CCCN1C(=O)[C@H](/C=C/[C@H](CC(C)C)NC(=O)OC(C)(C)C)Cc1ccccc1)C(C)C)C(=O)NC(C)C)C1c2ccccc2-c2ccccc21. The van der Waals surface area contributed by atoms with Gasteiger partial charge in [-0.1, -0.05) is 119 Å². The van der Waals surface area contributed by atoms with E-state index >= 15 is 0 Å². The maximum Gasteiger partial charge on any atom is 0.410 e. The highest BCUT2D eigenvalue weighted by molar-refractivity contribution is 5.95. The molecule has 0 saturated carbocycles. The third-order valence-electron chi connectivity index (χ3n) is 12.2. The van der Waals surface area contributed by atoms with Gasteiger partial charge in [0.2, 0.25) is 23.6 Å². The molecule has 1 saturated heterocycles. The molecule has 0 unspecified atom stereocenters. The van der Waals surface area contributed by atoms with Crippen LogP contribution in [0.2, 0.25) is 0 Å². The van der Waals surface area contributed by atoms with Crippen molar-refractivity contribution >= 4 is 35.8 Å². The van der Waals surface area contributed by atoms with Crippen LogP contribution in [0.4, 0.5) is 9.59 Å². The van der Waals surface area contributed by atoms with Gasteiger partial charge in [0.1, 0.15) is 23.7 Å². The fourth-order valence-corrected chi connectivity index (χ4v) is 9.12. The molecule has 0 spiro atoms. The Kier molecular flexibility index (Phi) is 18.8. The summed E-state index contributed by atoms with van der Waals surface area (Å²) in [5.74, 6) is -2.40. The number of nitrogens with zero attached hydrogens (tertiary/aromatic N) is 2. The summed E-state index contributed by atoms with van der Waals surface area (Å²) in [6, 6.07) is 21.7. The van der Waals surface area contributed by atoms with E-state index in [1.165, 1.54) is 7.11 Å². The quantitative estimate of drug-likeness (QED) is 0.0823. The normalized spacial score (nSPS) is 16.4. The Labute approximate surface area is 403 Å². The van der Waals surface area contributed by atoms with E-state index in [0.29, 0.717) is 38.6 Å². The van der Waals surface area contributed by atoms with Gasteiger partial charge < -0.3 is 35.6 Å². The molecule has 1 aliphatic heterocycles. The molecule has 6 amide bonds. The van der Waals surface area contributed by atoms with Crippen LogP contribution in [-0.2, 0) is 35.1 Å². The summed E-state index contributed by atoms with van der Waals surface area (Å²) in [6.07, 6.45) is 5.16. The third kappa shape index (κ3) is 14.4. The number of rotatable bonds is 20. The number of carbonyl (C=O) groups excluding carboxylic acids is 6. The minimum absolute atomic E-state index is 0.194. The monoisotopic (exact) mass is 935 g/mol. The number of amides is 6. The molecule has 14 heteroatoms. The number of fused-ring (bicyclic) bond motifs is 3. The van der Waals surface area contributed by atoms with E-state index in [2.05, 4.69) is 35.1 Å². The predicted molar refractivity (Wildman–Crippen MR) is 264 cm³/mol. The maximum absolute atomic E-state index is 14.6. The number of ether oxygens (including phenoxy) is 2. The van der Waals surface area contributed by atoms with Crippen molar-refractivity contribution in [3.8, 4) is 11.1 Å². The predicted octanol–water partition coefficient (Wildman–Crippen LogP) is 8.10. The molecular weight excluding hydrogens is 861 g/mol. The van der Waals surface area contributed by atoms with Crippen LogP contribution in [0.5, 0.6) is 0 Å². The zero-order valence-corrected chi connectivity index (χ0v) is 41.7. The number of hydrogen-bond donors (Lipinski definition) is 4. The topological polar surface area (TPSA) is 175 Å². The maximum atomic E-state index is 14.6. The highest BCUT2D eigenvalue weighted by Crippen LogP contribution is 2.46. The lowest BCUT2D eigenvalue weighted by atomic mass is 9.94. The van der Waals surface area contributed by atoms with E-state index in [4.69, 9.17) is 9.47 Å². The molecule has 1 fully saturated rings. The summed E-state index contributed by atoms with van der Waals surface area (Å²) in [7, 11) is 1.35. The van der Waals surface area contributed by atoms with E-state index < -0.39 is 65.7 Å². The van der Waals surface area contributed by atoms with Crippen LogP contribution in [0.1, 0.15) is 117 Å². The summed E-state index contributed by atoms with van der Waals surface area (Å²) < 4.78 is 10.8. The number of hydrogen-bond acceptors (Lipinski definition) is 8. The molecule has 4 N–H and O–H groups in total. The summed E-state index contributed by atoms with van der Waals surface area (Å²) in [4.78, 5) is 86.5. The van der Waals surface area contributed by atoms with Crippen molar-refractivity contribution < 1.29 is 38.2 Å². The van der Waals surface area contributed by atoms with Gasteiger partial charge >= 0.3 is 12.2 Å². The van der Waals surface area contributed by atoms with Crippen LogP contribution in [0, 0.1) is 17.8 Å². The molecule has 5 atom stereocenters. The Morgan fingerprint density at radius 2 is 1.40 bits per heavy atom. The Hall–Kier alpha value is -6.18. The van der Waals surface area contributed by atoms with Gasteiger partial charge in [-0.2, -0.15) is 0 Å².